The number of benzene rings is 1. The van der Waals surface area contributed by atoms with Gasteiger partial charge >= 0.3 is 5.97 Å². The largest absolute Gasteiger partial charge is 0.469 e. The van der Waals surface area contributed by atoms with E-state index >= 15 is 0 Å². The summed E-state index contributed by atoms with van der Waals surface area (Å²) in [6.07, 6.45) is 9.07. The molecule has 168 valence electrons. The molecule has 0 unspecified atom stereocenters. The molecule has 1 aromatic heterocycles. The van der Waals surface area contributed by atoms with Crippen LogP contribution in [0.4, 0.5) is 0 Å². The molecule has 0 spiro atoms. The van der Waals surface area contributed by atoms with Gasteiger partial charge in [-0.1, -0.05) is 51.1 Å². The summed E-state index contributed by atoms with van der Waals surface area (Å²) in [5, 5.41) is 0.190. The second-order valence-electron chi connectivity index (χ2n) is 9.43. The van der Waals surface area contributed by atoms with Gasteiger partial charge in [0.2, 0.25) is 0 Å². The molecule has 0 fully saturated rings. The molecule has 0 N–H and O–H groups in total. The number of unbranched alkanes of at least 4 members (excludes halogenated alkanes) is 2. The van der Waals surface area contributed by atoms with Crippen molar-refractivity contribution in [3.8, 4) is 0 Å². The minimum Gasteiger partial charge on any atom is -0.469 e. The molecular formula is C26H37NO3Si. The van der Waals surface area contributed by atoms with Gasteiger partial charge in [0.15, 0.2) is 8.32 Å². The summed E-state index contributed by atoms with van der Waals surface area (Å²) in [5.74, 6) is -0.147. The first-order chi connectivity index (χ1) is 14.6. The third-order valence-corrected chi connectivity index (χ3v) is 10.5. The van der Waals surface area contributed by atoms with Gasteiger partial charge in [-0.2, -0.15) is 0 Å². The van der Waals surface area contributed by atoms with Crippen LogP contribution in [0.25, 0.3) is 5.57 Å². The number of aromatic nitrogens is 1. The van der Waals surface area contributed by atoms with E-state index in [0.29, 0.717) is 13.0 Å². The lowest BCUT2D eigenvalue weighted by atomic mass is 9.96. The summed E-state index contributed by atoms with van der Waals surface area (Å²) in [7, 11) is -0.366. The fourth-order valence-electron chi connectivity index (χ4n) is 3.00. The van der Waals surface area contributed by atoms with E-state index in [1.54, 1.807) is 6.20 Å². The molecule has 2 rings (SSSR count). The molecule has 0 aliphatic rings. The van der Waals surface area contributed by atoms with Crippen LogP contribution in [-0.2, 0) is 20.6 Å². The highest BCUT2D eigenvalue weighted by atomic mass is 28.4. The zero-order valence-electron chi connectivity index (χ0n) is 19.9. The van der Waals surface area contributed by atoms with Gasteiger partial charge in [-0.15, -0.1) is 0 Å². The number of hydrogen-bond acceptors (Lipinski definition) is 4. The van der Waals surface area contributed by atoms with Gasteiger partial charge in [0.25, 0.3) is 0 Å². The first-order valence-electron chi connectivity index (χ1n) is 11.0. The Hall–Kier alpha value is -2.24. The molecule has 4 nitrogen and oxygen atoms in total. The van der Waals surface area contributed by atoms with Crippen molar-refractivity contribution in [2.45, 2.75) is 71.2 Å². The van der Waals surface area contributed by atoms with Crippen molar-refractivity contribution < 1.29 is 14.0 Å². The average molecular weight is 440 g/mol. The molecular weight excluding hydrogens is 402 g/mol. The maximum atomic E-state index is 11.3. The Kier molecular flexibility index (Phi) is 9.20. The minimum absolute atomic E-state index is 0.147. The van der Waals surface area contributed by atoms with Crippen molar-refractivity contribution in [3.05, 3.63) is 71.6 Å². The molecule has 5 heteroatoms. The number of rotatable bonds is 10. The highest BCUT2D eigenvalue weighted by Crippen LogP contribution is 2.37. The quantitative estimate of drug-likeness (QED) is 0.233. The highest BCUT2D eigenvalue weighted by molar-refractivity contribution is 6.74. The Labute approximate surface area is 188 Å². The lowest BCUT2D eigenvalue weighted by Crippen LogP contribution is -2.40. The van der Waals surface area contributed by atoms with E-state index in [9.17, 15) is 4.79 Å². The van der Waals surface area contributed by atoms with Crippen molar-refractivity contribution in [3.63, 3.8) is 0 Å². The van der Waals surface area contributed by atoms with Crippen molar-refractivity contribution in [2.24, 2.45) is 0 Å². The van der Waals surface area contributed by atoms with E-state index < -0.39 is 8.32 Å². The molecule has 2 aromatic rings. The predicted octanol–water partition coefficient (Wildman–Crippen LogP) is 6.77. The molecule has 31 heavy (non-hydrogen) atoms. The van der Waals surface area contributed by atoms with Crippen molar-refractivity contribution in [2.75, 3.05) is 7.11 Å². The number of hydrogen-bond donors (Lipinski definition) is 0. The van der Waals surface area contributed by atoms with Crippen LogP contribution in [0.15, 0.2) is 54.9 Å². The molecule has 0 atom stereocenters. The Bertz CT molecular complexity index is 870. The Balaban J connectivity index is 2.18. The van der Waals surface area contributed by atoms with Crippen LogP contribution in [-0.4, -0.2) is 26.4 Å². The maximum absolute atomic E-state index is 11.3. The summed E-state index contributed by atoms with van der Waals surface area (Å²) in [4.78, 5) is 15.6. The van der Waals surface area contributed by atoms with E-state index in [0.717, 1.165) is 30.4 Å². The minimum atomic E-state index is -1.80. The van der Waals surface area contributed by atoms with Gasteiger partial charge in [0.1, 0.15) is 0 Å². The Morgan fingerprint density at radius 2 is 1.84 bits per heavy atom. The molecule has 0 radical (unpaired) electrons. The average Bonchev–Trinajstić information content (AvgIpc) is 2.74. The Morgan fingerprint density at radius 1 is 1.10 bits per heavy atom. The zero-order valence-corrected chi connectivity index (χ0v) is 20.9. The highest BCUT2D eigenvalue weighted by Gasteiger charge is 2.37. The molecule has 0 amide bonds. The SMILES string of the molecule is COC(=O)CCCC/C=C(/c1cccnc1)c1cccc(CO[Si](C)(C)C(C)(C)C)c1. The second-order valence-corrected chi connectivity index (χ2v) is 14.2. The molecule has 0 saturated heterocycles. The second kappa shape index (κ2) is 11.4. The summed E-state index contributed by atoms with van der Waals surface area (Å²) in [6, 6.07) is 12.6. The van der Waals surface area contributed by atoms with E-state index in [2.05, 4.69) is 75.3 Å². The van der Waals surface area contributed by atoms with E-state index in [4.69, 9.17) is 9.16 Å². The van der Waals surface area contributed by atoms with Gasteiger partial charge in [0.05, 0.1) is 13.7 Å². The van der Waals surface area contributed by atoms with Crippen LogP contribution < -0.4 is 0 Å². The number of ether oxygens (including phenoxy) is 1. The molecule has 0 aliphatic carbocycles. The van der Waals surface area contributed by atoms with Crippen molar-refractivity contribution in [1.82, 2.24) is 4.98 Å². The van der Waals surface area contributed by atoms with Crippen molar-refractivity contribution >= 4 is 19.9 Å². The number of carbonyl (C=O) groups excluding carboxylic acids is 1. The molecule has 0 bridgehead atoms. The third-order valence-electron chi connectivity index (χ3n) is 6.03. The van der Waals surface area contributed by atoms with E-state index in [1.165, 1.54) is 18.2 Å². The number of methoxy groups -OCH3 is 1. The van der Waals surface area contributed by atoms with Crippen LogP contribution in [0.5, 0.6) is 0 Å². The lowest BCUT2D eigenvalue weighted by molar-refractivity contribution is -0.140. The summed E-state index contributed by atoms with van der Waals surface area (Å²) in [6.45, 7) is 12.0. The Morgan fingerprint density at radius 3 is 2.48 bits per heavy atom. The van der Waals surface area contributed by atoms with Gasteiger partial charge in [0, 0.05) is 24.4 Å². The monoisotopic (exact) mass is 439 g/mol. The van der Waals surface area contributed by atoms with Crippen LogP contribution >= 0.6 is 0 Å². The smallest absolute Gasteiger partial charge is 0.305 e. The lowest BCUT2D eigenvalue weighted by Gasteiger charge is -2.36. The fraction of sp³-hybridized carbons (Fsp3) is 0.462. The van der Waals surface area contributed by atoms with Gasteiger partial charge in [-0.05, 0) is 66.2 Å². The standard InChI is InChI=1S/C26H37NO3Si/c1-26(2,3)31(5,6)30-20-21-12-10-13-22(18-21)24(23-14-11-17-27-19-23)15-8-7-9-16-25(28)29-4/h10-15,17-19H,7-9,16,20H2,1-6H3/b24-15+. The molecule has 0 aliphatic heterocycles. The van der Waals surface area contributed by atoms with E-state index in [-0.39, 0.29) is 11.0 Å². The molecule has 1 aromatic carbocycles. The van der Waals surface area contributed by atoms with Crippen LogP contribution in [0, 0.1) is 0 Å². The van der Waals surface area contributed by atoms with Crippen LogP contribution in [0.2, 0.25) is 18.1 Å². The predicted molar refractivity (Wildman–Crippen MR) is 130 cm³/mol. The number of allylic oxidation sites excluding steroid dienone is 1. The molecule has 1 heterocycles. The maximum Gasteiger partial charge on any atom is 0.305 e. The number of carbonyl (C=O) groups is 1. The summed E-state index contributed by atoms with van der Waals surface area (Å²) in [5.41, 5.74) is 4.61. The van der Waals surface area contributed by atoms with Crippen LogP contribution in [0.3, 0.4) is 0 Å². The molecule has 0 saturated carbocycles. The normalized spacial score (nSPS) is 12.6. The number of esters is 1. The summed E-state index contributed by atoms with van der Waals surface area (Å²) >= 11 is 0. The first kappa shape index (κ1) is 25.0. The third kappa shape index (κ3) is 7.75. The van der Waals surface area contributed by atoms with Gasteiger partial charge in [-0.3, -0.25) is 9.78 Å². The topological polar surface area (TPSA) is 48.4 Å². The van der Waals surface area contributed by atoms with Gasteiger partial charge < -0.3 is 9.16 Å². The zero-order chi connectivity index (χ0) is 22.9. The first-order valence-corrected chi connectivity index (χ1v) is 14.0. The van der Waals surface area contributed by atoms with Crippen molar-refractivity contribution in [1.29, 1.82) is 0 Å². The fourth-order valence-corrected chi connectivity index (χ4v) is 3.96. The summed E-state index contributed by atoms with van der Waals surface area (Å²) < 4.78 is 11.2. The number of pyridine rings is 1. The van der Waals surface area contributed by atoms with Crippen LogP contribution in [0.1, 0.15) is 63.1 Å². The number of nitrogens with zero attached hydrogens (tertiary/aromatic N) is 1. The van der Waals surface area contributed by atoms with Gasteiger partial charge in [-0.25, -0.2) is 0 Å². The van der Waals surface area contributed by atoms with E-state index in [1.807, 2.05) is 12.3 Å².